The average molecular weight is 211 g/mol. The van der Waals surface area contributed by atoms with Crippen LogP contribution in [0.15, 0.2) is 0 Å². The SMILES string of the molecule is CNCCC1C(=O)N(C)CCN1C1CC1. The van der Waals surface area contributed by atoms with Crippen molar-refractivity contribution in [3.63, 3.8) is 0 Å². The fourth-order valence-corrected chi connectivity index (χ4v) is 2.34. The van der Waals surface area contributed by atoms with Gasteiger partial charge in [-0.1, -0.05) is 0 Å². The van der Waals surface area contributed by atoms with E-state index in [2.05, 4.69) is 10.2 Å². The molecule has 1 aliphatic carbocycles. The molecule has 0 spiro atoms. The number of nitrogens with zero attached hydrogens (tertiary/aromatic N) is 2. The quantitative estimate of drug-likeness (QED) is 0.705. The molecule has 86 valence electrons. The molecule has 4 nitrogen and oxygen atoms in total. The minimum Gasteiger partial charge on any atom is -0.343 e. The predicted octanol–water partition coefficient (Wildman–Crippen LogP) is -0.0991. The first kappa shape index (κ1) is 10.9. The number of nitrogens with one attached hydrogen (secondary N) is 1. The molecule has 0 aromatic rings. The maximum Gasteiger partial charge on any atom is 0.239 e. The fraction of sp³-hybridized carbons (Fsp3) is 0.909. The van der Waals surface area contributed by atoms with Gasteiger partial charge in [0.1, 0.15) is 0 Å². The number of hydrogen-bond donors (Lipinski definition) is 1. The third kappa shape index (κ3) is 2.32. The van der Waals surface area contributed by atoms with Crippen LogP contribution in [-0.2, 0) is 4.79 Å². The highest BCUT2D eigenvalue weighted by molar-refractivity contribution is 5.82. The van der Waals surface area contributed by atoms with Gasteiger partial charge < -0.3 is 10.2 Å². The zero-order valence-electron chi connectivity index (χ0n) is 9.70. The zero-order chi connectivity index (χ0) is 10.8. The van der Waals surface area contributed by atoms with E-state index in [9.17, 15) is 4.79 Å². The van der Waals surface area contributed by atoms with Crippen LogP contribution in [0.25, 0.3) is 0 Å². The van der Waals surface area contributed by atoms with Crippen molar-refractivity contribution in [3.05, 3.63) is 0 Å². The van der Waals surface area contributed by atoms with E-state index in [1.165, 1.54) is 12.8 Å². The van der Waals surface area contributed by atoms with Crippen molar-refractivity contribution in [2.24, 2.45) is 0 Å². The normalized spacial score (nSPS) is 28.5. The lowest BCUT2D eigenvalue weighted by molar-refractivity contribution is -0.140. The Kier molecular flexibility index (Phi) is 3.26. The Balaban J connectivity index is 1.99. The summed E-state index contributed by atoms with van der Waals surface area (Å²) in [5.74, 6) is 0.309. The summed E-state index contributed by atoms with van der Waals surface area (Å²) in [5, 5.41) is 3.13. The van der Waals surface area contributed by atoms with E-state index in [4.69, 9.17) is 0 Å². The Labute approximate surface area is 91.6 Å². The fourth-order valence-electron chi connectivity index (χ4n) is 2.34. The van der Waals surface area contributed by atoms with Gasteiger partial charge in [-0.15, -0.1) is 0 Å². The van der Waals surface area contributed by atoms with Crippen LogP contribution >= 0.6 is 0 Å². The second kappa shape index (κ2) is 4.49. The smallest absolute Gasteiger partial charge is 0.239 e. The van der Waals surface area contributed by atoms with Gasteiger partial charge >= 0.3 is 0 Å². The Morgan fingerprint density at radius 3 is 2.73 bits per heavy atom. The molecular weight excluding hydrogens is 190 g/mol. The van der Waals surface area contributed by atoms with E-state index in [1.807, 2.05) is 19.0 Å². The number of hydrogen-bond acceptors (Lipinski definition) is 3. The van der Waals surface area contributed by atoms with Crippen LogP contribution in [0.2, 0.25) is 0 Å². The van der Waals surface area contributed by atoms with Gasteiger partial charge in [-0.05, 0) is 32.9 Å². The van der Waals surface area contributed by atoms with Crippen LogP contribution in [0, 0.1) is 0 Å². The molecule has 1 atom stereocenters. The van der Waals surface area contributed by atoms with E-state index in [-0.39, 0.29) is 6.04 Å². The second-order valence-corrected chi connectivity index (χ2v) is 4.64. The van der Waals surface area contributed by atoms with Gasteiger partial charge in [0.25, 0.3) is 0 Å². The van der Waals surface area contributed by atoms with Gasteiger partial charge in [0.2, 0.25) is 5.91 Å². The topological polar surface area (TPSA) is 35.6 Å². The molecule has 2 rings (SSSR count). The minimum atomic E-state index is 0.128. The Hall–Kier alpha value is -0.610. The monoisotopic (exact) mass is 211 g/mol. The molecule has 0 bridgehead atoms. The highest BCUT2D eigenvalue weighted by Gasteiger charge is 2.40. The predicted molar refractivity (Wildman–Crippen MR) is 59.7 cm³/mol. The van der Waals surface area contributed by atoms with E-state index >= 15 is 0 Å². The van der Waals surface area contributed by atoms with Gasteiger partial charge in [0, 0.05) is 26.2 Å². The lowest BCUT2D eigenvalue weighted by atomic mass is 10.1. The first-order chi connectivity index (χ1) is 7.24. The lowest BCUT2D eigenvalue weighted by Gasteiger charge is -2.39. The molecule has 0 radical (unpaired) electrons. The number of amides is 1. The van der Waals surface area contributed by atoms with E-state index in [0.29, 0.717) is 11.9 Å². The van der Waals surface area contributed by atoms with Crippen molar-refractivity contribution in [1.82, 2.24) is 15.1 Å². The first-order valence-electron chi connectivity index (χ1n) is 5.89. The Morgan fingerprint density at radius 1 is 1.40 bits per heavy atom. The standard InChI is InChI=1S/C11H21N3O/c1-12-6-5-10-11(15)13(2)7-8-14(10)9-3-4-9/h9-10,12H,3-8H2,1-2H3. The molecule has 1 amide bonds. The summed E-state index contributed by atoms with van der Waals surface area (Å²) in [6.07, 6.45) is 3.51. The van der Waals surface area contributed by atoms with E-state index < -0.39 is 0 Å². The van der Waals surface area contributed by atoms with Gasteiger partial charge in [-0.2, -0.15) is 0 Å². The van der Waals surface area contributed by atoms with Crippen molar-refractivity contribution in [3.8, 4) is 0 Å². The van der Waals surface area contributed by atoms with E-state index in [1.54, 1.807) is 0 Å². The zero-order valence-corrected chi connectivity index (χ0v) is 9.70. The number of rotatable bonds is 4. The average Bonchev–Trinajstić information content (AvgIpc) is 3.04. The maximum atomic E-state index is 12.0. The highest BCUT2D eigenvalue weighted by Crippen LogP contribution is 2.31. The number of carbonyl (C=O) groups excluding carboxylic acids is 1. The summed E-state index contributed by atoms with van der Waals surface area (Å²) in [4.78, 5) is 16.3. The van der Waals surface area contributed by atoms with Crippen molar-refractivity contribution in [2.45, 2.75) is 31.3 Å². The molecule has 1 unspecified atom stereocenters. The Morgan fingerprint density at radius 2 is 2.13 bits per heavy atom. The van der Waals surface area contributed by atoms with Gasteiger partial charge in [-0.3, -0.25) is 9.69 Å². The molecule has 1 saturated carbocycles. The number of likely N-dealkylation sites (N-methyl/N-ethyl adjacent to an activating group) is 1. The summed E-state index contributed by atoms with van der Waals surface area (Å²) in [6.45, 7) is 2.88. The molecule has 1 N–H and O–H groups in total. The van der Waals surface area contributed by atoms with Crippen LogP contribution in [0.3, 0.4) is 0 Å². The molecule has 0 aromatic carbocycles. The summed E-state index contributed by atoms with van der Waals surface area (Å²) in [5.41, 5.74) is 0. The highest BCUT2D eigenvalue weighted by atomic mass is 16.2. The summed E-state index contributed by atoms with van der Waals surface area (Å²) in [6, 6.07) is 0.827. The molecule has 4 heteroatoms. The summed E-state index contributed by atoms with van der Waals surface area (Å²) >= 11 is 0. The third-order valence-corrected chi connectivity index (χ3v) is 3.44. The molecular formula is C11H21N3O. The largest absolute Gasteiger partial charge is 0.343 e. The van der Waals surface area contributed by atoms with Crippen molar-refractivity contribution in [2.75, 3.05) is 33.7 Å². The lowest BCUT2D eigenvalue weighted by Crippen LogP contribution is -2.56. The van der Waals surface area contributed by atoms with Crippen LogP contribution in [0.5, 0.6) is 0 Å². The van der Waals surface area contributed by atoms with Crippen LogP contribution in [0.4, 0.5) is 0 Å². The van der Waals surface area contributed by atoms with Gasteiger partial charge in [-0.25, -0.2) is 0 Å². The molecule has 2 fully saturated rings. The van der Waals surface area contributed by atoms with Crippen molar-refractivity contribution in [1.29, 1.82) is 0 Å². The second-order valence-electron chi connectivity index (χ2n) is 4.64. The molecule has 1 aliphatic heterocycles. The van der Waals surface area contributed by atoms with Gasteiger partial charge in [0.15, 0.2) is 0 Å². The maximum absolute atomic E-state index is 12.0. The number of carbonyl (C=O) groups is 1. The van der Waals surface area contributed by atoms with Crippen molar-refractivity contribution >= 4 is 5.91 Å². The Bertz CT molecular complexity index is 240. The van der Waals surface area contributed by atoms with Crippen LogP contribution < -0.4 is 5.32 Å². The van der Waals surface area contributed by atoms with Crippen LogP contribution in [0.1, 0.15) is 19.3 Å². The minimum absolute atomic E-state index is 0.128. The summed E-state index contributed by atoms with van der Waals surface area (Å²) < 4.78 is 0. The molecule has 15 heavy (non-hydrogen) atoms. The molecule has 1 heterocycles. The molecule has 2 aliphatic rings. The first-order valence-corrected chi connectivity index (χ1v) is 5.89. The number of piperazine rings is 1. The van der Waals surface area contributed by atoms with Crippen LogP contribution in [-0.4, -0.2) is 61.5 Å². The van der Waals surface area contributed by atoms with E-state index in [0.717, 1.165) is 26.1 Å². The van der Waals surface area contributed by atoms with Crippen molar-refractivity contribution < 1.29 is 4.79 Å². The van der Waals surface area contributed by atoms with Gasteiger partial charge in [0.05, 0.1) is 6.04 Å². The molecule has 1 saturated heterocycles. The third-order valence-electron chi connectivity index (χ3n) is 3.44. The molecule has 0 aromatic heterocycles. The summed E-state index contributed by atoms with van der Waals surface area (Å²) in [7, 11) is 3.86.